The average Bonchev–Trinajstić information content (AvgIpc) is 3.13. The molecule has 0 aliphatic carbocycles. The third-order valence-electron chi connectivity index (χ3n) is 5.74. The fraction of sp³-hybridized carbons (Fsp3) is 0.417. The fourth-order valence-electron chi connectivity index (χ4n) is 4.14. The molecule has 31 heavy (non-hydrogen) atoms. The molecule has 1 unspecified atom stereocenters. The molecule has 0 bridgehead atoms. The molecule has 2 aliphatic rings. The Bertz CT molecular complexity index is 944. The largest absolute Gasteiger partial charge is 0.497 e. The predicted octanol–water partition coefficient (Wildman–Crippen LogP) is 2.83. The van der Waals surface area contributed by atoms with Gasteiger partial charge < -0.3 is 19.7 Å². The van der Waals surface area contributed by atoms with Crippen molar-refractivity contribution in [1.82, 2.24) is 10.2 Å². The van der Waals surface area contributed by atoms with E-state index in [0.717, 1.165) is 55.3 Å². The quantitative estimate of drug-likeness (QED) is 0.774. The lowest BCUT2D eigenvalue weighted by Crippen LogP contribution is -2.37. The number of hydrogen-bond acceptors (Lipinski definition) is 5. The molecule has 0 saturated carbocycles. The number of amides is 2. The number of carbonyl (C=O) groups is 2. The van der Waals surface area contributed by atoms with Crippen LogP contribution in [0.5, 0.6) is 11.5 Å². The Morgan fingerprint density at radius 1 is 1.23 bits per heavy atom. The van der Waals surface area contributed by atoms with Crippen LogP contribution in [-0.2, 0) is 11.3 Å². The zero-order chi connectivity index (χ0) is 21.8. The highest BCUT2D eigenvalue weighted by molar-refractivity contribution is 5.97. The van der Waals surface area contributed by atoms with Gasteiger partial charge >= 0.3 is 0 Å². The van der Waals surface area contributed by atoms with Crippen molar-refractivity contribution in [2.75, 3.05) is 38.2 Å². The first-order valence-electron chi connectivity index (χ1n) is 10.8. The van der Waals surface area contributed by atoms with Gasteiger partial charge in [-0.15, -0.1) is 0 Å². The summed E-state index contributed by atoms with van der Waals surface area (Å²) in [5.74, 6) is 1.68. The van der Waals surface area contributed by atoms with Crippen LogP contribution in [0.15, 0.2) is 42.5 Å². The first kappa shape index (κ1) is 21.2. The second-order valence-corrected chi connectivity index (χ2v) is 8.09. The normalized spacial score (nSPS) is 18.8. The summed E-state index contributed by atoms with van der Waals surface area (Å²) in [4.78, 5) is 28.5. The van der Waals surface area contributed by atoms with E-state index in [2.05, 4.69) is 10.2 Å². The first-order valence-corrected chi connectivity index (χ1v) is 10.8. The van der Waals surface area contributed by atoms with E-state index >= 15 is 0 Å². The molecular formula is C24H29N3O4. The van der Waals surface area contributed by atoms with Gasteiger partial charge in [-0.25, -0.2) is 0 Å². The van der Waals surface area contributed by atoms with Crippen LogP contribution < -0.4 is 19.7 Å². The predicted molar refractivity (Wildman–Crippen MR) is 119 cm³/mol. The fourth-order valence-corrected chi connectivity index (χ4v) is 4.14. The standard InChI is InChI=1S/C24H29N3O4/c1-17-15-26(16-19-7-10-21(30-2)14-22(19)31-17)13-11-25-24(29)18-5-8-20(9-6-18)27-12-3-4-23(27)28/h5-10,14,17H,3-4,11-13,15-16H2,1-2H3,(H,25,29). The Hall–Kier alpha value is -3.06. The first-order chi connectivity index (χ1) is 15.0. The van der Waals surface area contributed by atoms with E-state index in [9.17, 15) is 9.59 Å². The third kappa shape index (κ3) is 4.99. The zero-order valence-corrected chi connectivity index (χ0v) is 18.1. The minimum absolute atomic E-state index is 0.0462. The molecule has 1 N–H and O–H groups in total. The molecule has 2 amide bonds. The van der Waals surface area contributed by atoms with E-state index in [1.807, 2.05) is 37.3 Å². The lowest BCUT2D eigenvalue weighted by molar-refractivity contribution is -0.117. The Kier molecular flexibility index (Phi) is 6.42. The van der Waals surface area contributed by atoms with Crippen molar-refractivity contribution in [3.8, 4) is 11.5 Å². The highest BCUT2D eigenvalue weighted by Crippen LogP contribution is 2.29. The SMILES string of the molecule is COc1ccc2c(c1)OC(C)CN(CCNC(=O)c1ccc(N3CCCC3=O)cc1)C2. The van der Waals surface area contributed by atoms with Gasteiger partial charge in [-0.1, -0.05) is 6.07 Å². The third-order valence-corrected chi connectivity index (χ3v) is 5.74. The molecule has 2 aliphatic heterocycles. The van der Waals surface area contributed by atoms with Crippen LogP contribution in [0.3, 0.4) is 0 Å². The molecule has 2 heterocycles. The van der Waals surface area contributed by atoms with Gasteiger partial charge in [-0.3, -0.25) is 14.5 Å². The van der Waals surface area contributed by atoms with Gasteiger partial charge in [0.05, 0.1) is 7.11 Å². The van der Waals surface area contributed by atoms with Crippen LogP contribution in [0.4, 0.5) is 5.69 Å². The van der Waals surface area contributed by atoms with E-state index in [1.165, 1.54) is 0 Å². The number of ether oxygens (including phenoxy) is 2. The number of rotatable bonds is 6. The molecule has 1 saturated heterocycles. The van der Waals surface area contributed by atoms with Crippen molar-refractivity contribution in [1.29, 1.82) is 0 Å². The molecule has 7 heteroatoms. The summed E-state index contributed by atoms with van der Waals surface area (Å²) in [6, 6.07) is 13.1. The second-order valence-electron chi connectivity index (χ2n) is 8.09. The maximum Gasteiger partial charge on any atom is 0.251 e. The smallest absolute Gasteiger partial charge is 0.251 e. The summed E-state index contributed by atoms with van der Waals surface area (Å²) in [6.45, 7) is 5.61. The number of fused-ring (bicyclic) bond motifs is 1. The van der Waals surface area contributed by atoms with Gasteiger partial charge in [-0.05, 0) is 43.7 Å². The Morgan fingerprint density at radius 3 is 2.74 bits per heavy atom. The average molecular weight is 424 g/mol. The summed E-state index contributed by atoms with van der Waals surface area (Å²) in [6.07, 6.45) is 1.53. The molecular weight excluding hydrogens is 394 g/mol. The Labute approximate surface area is 182 Å². The van der Waals surface area contributed by atoms with Gasteiger partial charge in [0, 0.05) is 62.0 Å². The van der Waals surface area contributed by atoms with Crippen LogP contribution in [0, 0.1) is 0 Å². The van der Waals surface area contributed by atoms with Crippen molar-refractivity contribution in [2.45, 2.75) is 32.4 Å². The van der Waals surface area contributed by atoms with Crippen LogP contribution in [0.2, 0.25) is 0 Å². The molecule has 2 aromatic carbocycles. The lowest BCUT2D eigenvalue weighted by Gasteiger charge is -2.22. The summed E-state index contributed by atoms with van der Waals surface area (Å²) in [5, 5.41) is 3.00. The minimum atomic E-state index is -0.108. The maximum absolute atomic E-state index is 12.5. The van der Waals surface area contributed by atoms with Crippen LogP contribution in [0.25, 0.3) is 0 Å². The number of benzene rings is 2. The van der Waals surface area contributed by atoms with Crippen molar-refractivity contribution < 1.29 is 19.1 Å². The van der Waals surface area contributed by atoms with E-state index < -0.39 is 0 Å². The van der Waals surface area contributed by atoms with Gasteiger partial charge in [0.2, 0.25) is 5.91 Å². The number of methoxy groups -OCH3 is 1. The van der Waals surface area contributed by atoms with Crippen LogP contribution >= 0.6 is 0 Å². The molecule has 0 spiro atoms. The number of carbonyl (C=O) groups excluding carboxylic acids is 2. The van der Waals surface area contributed by atoms with Gasteiger partial charge in [0.15, 0.2) is 0 Å². The van der Waals surface area contributed by atoms with E-state index in [1.54, 1.807) is 24.1 Å². The number of nitrogens with zero attached hydrogens (tertiary/aromatic N) is 2. The molecule has 1 fully saturated rings. The maximum atomic E-state index is 12.5. The highest BCUT2D eigenvalue weighted by Gasteiger charge is 2.22. The van der Waals surface area contributed by atoms with E-state index in [-0.39, 0.29) is 17.9 Å². The molecule has 2 aromatic rings. The highest BCUT2D eigenvalue weighted by atomic mass is 16.5. The zero-order valence-electron chi connectivity index (χ0n) is 18.1. The van der Waals surface area contributed by atoms with Crippen LogP contribution in [0.1, 0.15) is 35.7 Å². The minimum Gasteiger partial charge on any atom is -0.497 e. The van der Waals surface area contributed by atoms with Crippen molar-refractivity contribution in [3.63, 3.8) is 0 Å². The number of nitrogens with one attached hydrogen (secondary N) is 1. The molecule has 164 valence electrons. The van der Waals surface area contributed by atoms with Gasteiger partial charge in [0.25, 0.3) is 5.91 Å². The molecule has 1 atom stereocenters. The van der Waals surface area contributed by atoms with Gasteiger partial charge in [-0.2, -0.15) is 0 Å². The summed E-state index contributed by atoms with van der Waals surface area (Å²) in [5.41, 5.74) is 2.57. The monoisotopic (exact) mass is 423 g/mol. The van der Waals surface area contributed by atoms with Crippen molar-refractivity contribution in [2.24, 2.45) is 0 Å². The van der Waals surface area contributed by atoms with Gasteiger partial charge in [0.1, 0.15) is 17.6 Å². The van der Waals surface area contributed by atoms with E-state index in [0.29, 0.717) is 18.5 Å². The number of anilines is 1. The van der Waals surface area contributed by atoms with Crippen LogP contribution in [-0.4, -0.2) is 56.1 Å². The summed E-state index contributed by atoms with van der Waals surface area (Å²) < 4.78 is 11.3. The Morgan fingerprint density at radius 2 is 2.03 bits per heavy atom. The lowest BCUT2D eigenvalue weighted by atomic mass is 10.1. The molecule has 7 nitrogen and oxygen atoms in total. The number of hydrogen-bond donors (Lipinski definition) is 1. The van der Waals surface area contributed by atoms with E-state index in [4.69, 9.17) is 9.47 Å². The molecule has 0 radical (unpaired) electrons. The molecule has 0 aromatic heterocycles. The Balaban J connectivity index is 1.31. The van der Waals surface area contributed by atoms with Crippen molar-refractivity contribution in [3.05, 3.63) is 53.6 Å². The topological polar surface area (TPSA) is 71.1 Å². The molecule has 4 rings (SSSR count). The van der Waals surface area contributed by atoms with Crippen molar-refractivity contribution >= 4 is 17.5 Å². The summed E-state index contributed by atoms with van der Waals surface area (Å²) >= 11 is 0. The summed E-state index contributed by atoms with van der Waals surface area (Å²) in [7, 11) is 1.65. The second kappa shape index (κ2) is 9.39.